The number of hydrogen-bond acceptors (Lipinski definition) is 3. The zero-order valence-corrected chi connectivity index (χ0v) is 15.3. The average molecular weight is 363 g/mol. The van der Waals surface area contributed by atoms with Crippen molar-refractivity contribution >= 4 is 22.9 Å². The molecule has 0 radical (unpaired) electrons. The zero-order chi connectivity index (χ0) is 19.1. The van der Waals surface area contributed by atoms with Crippen molar-refractivity contribution in [2.45, 2.75) is 13.0 Å². The number of aromatic amines is 1. The molecule has 140 valence electrons. The van der Waals surface area contributed by atoms with Crippen LogP contribution in [0.25, 0.3) is 17.0 Å². The Labute approximate surface area is 159 Å². The highest BCUT2D eigenvalue weighted by Crippen LogP contribution is 2.18. The summed E-state index contributed by atoms with van der Waals surface area (Å²) in [5.74, 6) is -0.453. The normalized spacial score (nSPS) is 11.6. The molecule has 0 atom stereocenters. The lowest BCUT2D eigenvalue weighted by molar-refractivity contribution is -0.113. The van der Waals surface area contributed by atoms with E-state index in [1.807, 2.05) is 30.3 Å². The second kappa shape index (κ2) is 9.16. The Morgan fingerprint density at radius 1 is 1.11 bits per heavy atom. The fourth-order valence-electron chi connectivity index (χ4n) is 3.20. The van der Waals surface area contributed by atoms with Gasteiger partial charge in [-0.2, -0.15) is 0 Å². The van der Waals surface area contributed by atoms with Crippen LogP contribution in [0.2, 0.25) is 0 Å². The summed E-state index contributed by atoms with van der Waals surface area (Å²) in [6, 6.07) is 16.3. The van der Waals surface area contributed by atoms with Crippen LogP contribution in [0.1, 0.15) is 16.7 Å². The fraction of sp³-hybridized carbons (Fsp3) is 0.227. The summed E-state index contributed by atoms with van der Waals surface area (Å²) in [4.78, 5) is 16.4. The minimum Gasteiger partial charge on any atom is -0.395 e. The van der Waals surface area contributed by atoms with Crippen LogP contribution in [-0.2, 0) is 17.8 Å². The van der Waals surface area contributed by atoms with E-state index in [1.165, 1.54) is 22.6 Å². The molecule has 0 aliphatic rings. The smallest absolute Gasteiger partial charge is 0.241 e. The molecule has 2 aromatic carbocycles. The quantitative estimate of drug-likeness (QED) is 0.511. The molecule has 0 bridgehead atoms. The maximum Gasteiger partial charge on any atom is 0.241 e. The molecular weight excluding hydrogens is 338 g/mol. The largest absolute Gasteiger partial charge is 0.395 e. The average Bonchev–Trinajstić information content (AvgIpc) is 3.09. The van der Waals surface area contributed by atoms with Gasteiger partial charge in [-0.25, -0.2) is 0 Å². The molecule has 3 aromatic rings. The van der Waals surface area contributed by atoms with Crippen LogP contribution in [0.5, 0.6) is 0 Å². The van der Waals surface area contributed by atoms with Crippen LogP contribution >= 0.6 is 0 Å². The minimum atomic E-state index is -0.453. The lowest BCUT2D eigenvalue weighted by Crippen LogP contribution is -2.28. The Morgan fingerprint density at radius 3 is 2.63 bits per heavy atom. The molecule has 1 heterocycles. The van der Waals surface area contributed by atoms with Gasteiger partial charge in [0.25, 0.3) is 0 Å². The molecule has 5 nitrogen and oxygen atoms in total. The van der Waals surface area contributed by atoms with E-state index in [1.54, 1.807) is 6.08 Å². The van der Waals surface area contributed by atoms with Crippen LogP contribution in [0, 0.1) is 0 Å². The summed E-state index contributed by atoms with van der Waals surface area (Å²) in [7, 11) is 0. The van der Waals surface area contributed by atoms with Crippen molar-refractivity contribution in [3.05, 3.63) is 77.5 Å². The van der Waals surface area contributed by atoms with E-state index in [0.29, 0.717) is 6.54 Å². The Kier molecular flexibility index (Phi) is 6.41. The summed E-state index contributed by atoms with van der Waals surface area (Å²) in [6.45, 7) is 2.40. The second-order valence-electron chi connectivity index (χ2n) is 6.59. The fourth-order valence-corrected chi connectivity index (χ4v) is 3.20. The molecule has 0 saturated heterocycles. The van der Waals surface area contributed by atoms with Crippen molar-refractivity contribution in [3.63, 3.8) is 0 Å². The third-order valence-corrected chi connectivity index (χ3v) is 4.61. The molecule has 0 aliphatic carbocycles. The van der Waals surface area contributed by atoms with Crippen LogP contribution in [0.3, 0.4) is 0 Å². The number of amides is 1. The van der Waals surface area contributed by atoms with Gasteiger partial charge in [0, 0.05) is 42.8 Å². The van der Waals surface area contributed by atoms with E-state index < -0.39 is 5.91 Å². The number of nitrogens with zero attached hydrogens (tertiary/aromatic N) is 1. The minimum absolute atomic E-state index is 0.132. The first-order chi connectivity index (χ1) is 13.2. The van der Waals surface area contributed by atoms with Crippen LogP contribution in [0.4, 0.5) is 0 Å². The molecule has 0 fully saturated rings. The predicted octanol–water partition coefficient (Wildman–Crippen LogP) is 2.70. The highest BCUT2D eigenvalue weighted by atomic mass is 16.3. The number of rotatable bonds is 9. The van der Waals surface area contributed by atoms with Gasteiger partial charge in [-0.3, -0.25) is 9.69 Å². The Bertz CT molecular complexity index is 913. The number of nitrogens with one attached hydrogen (secondary N) is 1. The number of primary amides is 1. The van der Waals surface area contributed by atoms with Gasteiger partial charge in [-0.1, -0.05) is 42.5 Å². The number of carbonyl (C=O) groups excluding carboxylic acids is 1. The lowest BCUT2D eigenvalue weighted by atomic mass is 10.1. The second-order valence-corrected chi connectivity index (χ2v) is 6.59. The molecule has 3 rings (SSSR count). The topological polar surface area (TPSA) is 82.3 Å². The highest BCUT2D eigenvalue weighted by Gasteiger charge is 2.09. The zero-order valence-electron chi connectivity index (χ0n) is 15.3. The molecule has 0 aliphatic heterocycles. The van der Waals surface area contributed by atoms with Crippen LogP contribution in [-0.4, -0.2) is 40.6 Å². The number of aromatic nitrogens is 1. The number of carbonyl (C=O) groups is 1. The molecule has 1 amide bonds. The summed E-state index contributed by atoms with van der Waals surface area (Å²) < 4.78 is 0. The first-order valence-electron chi connectivity index (χ1n) is 9.10. The lowest BCUT2D eigenvalue weighted by Gasteiger charge is -2.21. The molecule has 4 N–H and O–H groups in total. The van der Waals surface area contributed by atoms with Crippen molar-refractivity contribution in [1.82, 2.24) is 9.88 Å². The maximum absolute atomic E-state index is 10.8. The molecule has 0 saturated carbocycles. The standard InChI is InChI=1S/C22H25N3O2/c23-22(27)10-9-17-5-7-18(8-6-17)16-25(13-14-26)12-11-19-15-24-21-4-2-1-3-20(19)21/h1-10,15,24,26H,11-14,16H2,(H2,23,27)/b10-9+. The molecule has 1 aromatic heterocycles. The van der Waals surface area contributed by atoms with Gasteiger partial charge in [-0.15, -0.1) is 0 Å². The van der Waals surface area contributed by atoms with E-state index in [9.17, 15) is 9.90 Å². The van der Waals surface area contributed by atoms with Crippen LogP contribution in [0.15, 0.2) is 60.8 Å². The number of aliphatic hydroxyl groups is 1. The molecule has 27 heavy (non-hydrogen) atoms. The van der Waals surface area contributed by atoms with Crippen molar-refractivity contribution in [3.8, 4) is 0 Å². The first-order valence-corrected chi connectivity index (χ1v) is 9.10. The third-order valence-electron chi connectivity index (χ3n) is 4.61. The van der Waals surface area contributed by atoms with E-state index >= 15 is 0 Å². The Morgan fingerprint density at radius 2 is 1.89 bits per heavy atom. The number of benzene rings is 2. The molecule has 0 unspecified atom stereocenters. The molecular formula is C22H25N3O2. The van der Waals surface area contributed by atoms with Crippen molar-refractivity contribution in [2.24, 2.45) is 5.73 Å². The predicted molar refractivity (Wildman–Crippen MR) is 109 cm³/mol. The van der Waals surface area contributed by atoms with E-state index in [-0.39, 0.29) is 6.61 Å². The van der Waals surface area contributed by atoms with E-state index in [2.05, 4.69) is 34.3 Å². The number of H-pyrrole nitrogens is 1. The number of hydrogen-bond donors (Lipinski definition) is 3. The highest BCUT2D eigenvalue weighted by molar-refractivity contribution is 5.90. The summed E-state index contributed by atoms with van der Waals surface area (Å²) in [6.07, 6.45) is 6.05. The van der Waals surface area contributed by atoms with E-state index in [0.717, 1.165) is 30.6 Å². The van der Waals surface area contributed by atoms with Crippen LogP contribution < -0.4 is 5.73 Å². The number of fused-ring (bicyclic) bond motifs is 1. The van der Waals surface area contributed by atoms with Crippen molar-refractivity contribution < 1.29 is 9.90 Å². The number of nitrogens with two attached hydrogens (primary N) is 1. The van der Waals surface area contributed by atoms with E-state index in [4.69, 9.17) is 5.73 Å². The van der Waals surface area contributed by atoms with Gasteiger partial charge in [0.05, 0.1) is 6.61 Å². The van der Waals surface area contributed by atoms with Gasteiger partial charge in [-0.05, 0) is 35.3 Å². The van der Waals surface area contributed by atoms with Gasteiger partial charge < -0.3 is 15.8 Å². The Balaban J connectivity index is 1.62. The molecule has 5 heteroatoms. The SMILES string of the molecule is NC(=O)/C=C/c1ccc(CN(CCO)CCc2c[nH]c3ccccc23)cc1. The van der Waals surface area contributed by atoms with Crippen molar-refractivity contribution in [1.29, 1.82) is 0 Å². The maximum atomic E-state index is 10.8. The summed E-state index contributed by atoms with van der Waals surface area (Å²) in [5, 5.41) is 10.7. The van der Waals surface area contributed by atoms with Gasteiger partial charge in [0.2, 0.25) is 5.91 Å². The van der Waals surface area contributed by atoms with Gasteiger partial charge in [0.15, 0.2) is 0 Å². The molecule has 0 spiro atoms. The number of para-hydroxylation sites is 1. The monoisotopic (exact) mass is 363 g/mol. The number of aliphatic hydroxyl groups excluding tert-OH is 1. The van der Waals surface area contributed by atoms with Gasteiger partial charge >= 0.3 is 0 Å². The first kappa shape index (κ1) is 18.9. The summed E-state index contributed by atoms with van der Waals surface area (Å²) in [5.41, 5.74) is 9.67. The van der Waals surface area contributed by atoms with Crippen molar-refractivity contribution in [2.75, 3.05) is 19.7 Å². The summed E-state index contributed by atoms with van der Waals surface area (Å²) >= 11 is 0. The van der Waals surface area contributed by atoms with Gasteiger partial charge in [0.1, 0.15) is 0 Å². The third kappa shape index (κ3) is 5.29. The Hall–Kier alpha value is -2.89.